The number of amides is 2. The van der Waals surface area contributed by atoms with Gasteiger partial charge >= 0.3 is 12.0 Å². The zero-order valence-corrected chi connectivity index (χ0v) is 29.3. The maximum atomic E-state index is 13.4. The van der Waals surface area contributed by atoms with Crippen LogP contribution in [0.2, 0.25) is 0 Å². The third-order valence-electron chi connectivity index (χ3n) is 7.76. The molecule has 0 radical (unpaired) electrons. The van der Waals surface area contributed by atoms with E-state index < -0.39 is 19.1 Å². The topological polar surface area (TPSA) is 148 Å². The summed E-state index contributed by atoms with van der Waals surface area (Å²) in [5.74, 6) is 1.02. The molecule has 4 N–H and O–H groups in total. The van der Waals surface area contributed by atoms with E-state index in [9.17, 15) is 19.3 Å². The number of urea groups is 1. The lowest BCUT2D eigenvalue weighted by molar-refractivity contribution is 0.0693. The number of fused-ring (bicyclic) bond motifs is 1. The highest BCUT2D eigenvalue weighted by atomic mass is 31.2. The van der Waals surface area contributed by atoms with Crippen molar-refractivity contribution in [3.63, 3.8) is 0 Å². The molecular weight excluding hydrogens is 643 g/mol. The Morgan fingerprint density at radius 3 is 2.18 bits per heavy atom. The molecule has 0 saturated heterocycles. The molecule has 0 aliphatic carbocycles. The summed E-state index contributed by atoms with van der Waals surface area (Å²) >= 11 is 0. The molecule has 0 aliphatic rings. The number of rotatable bonds is 10. The lowest BCUT2D eigenvalue weighted by atomic mass is 9.86. The number of carboxylic acid groups (broad SMARTS) is 1. The molecule has 0 unspecified atom stereocenters. The van der Waals surface area contributed by atoms with Gasteiger partial charge in [0.1, 0.15) is 35.8 Å². The van der Waals surface area contributed by atoms with E-state index in [-0.39, 0.29) is 16.7 Å². The summed E-state index contributed by atoms with van der Waals surface area (Å²) in [5.41, 5.74) is 2.27. The molecule has 4 aromatic carbocycles. The highest BCUT2D eigenvalue weighted by molar-refractivity contribution is 7.70. The third-order valence-corrected chi connectivity index (χ3v) is 9.26. The zero-order chi connectivity index (χ0) is 35.5. The van der Waals surface area contributed by atoms with Crippen LogP contribution in [0.1, 0.15) is 36.7 Å². The molecule has 5 aromatic rings. The molecule has 0 fully saturated rings. The van der Waals surface area contributed by atoms with E-state index in [2.05, 4.69) is 41.7 Å². The second-order valence-corrected chi connectivity index (χ2v) is 15.9. The molecule has 1 heterocycles. The van der Waals surface area contributed by atoms with Crippen molar-refractivity contribution < 1.29 is 33.5 Å². The summed E-state index contributed by atoms with van der Waals surface area (Å²) in [6.45, 7) is 9.52. The van der Waals surface area contributed by atoms with E-state index in [1.54, 1.807) is 55.9 Å². The van der Waals surface area contributed by atoms with Gasteiger partial charge in [-0.2, -0.15) is 0 Å². The number of aromatic nitrogens is 1. The first-order valence-corrected chi connectivity index (χ1v) is 18.0. The lowest BCUT2D eigenvalue weighted by Gasteiger charge is -2.25. The van der Waals surface area contributed by atoms with Gasteiger partial charge in [0, 0.05) is 34.8 Å². The van der Waals surface area contributed by atoms with Gasteiger partial charge < -0.3 is 39.8 Å². The van der Waals surface area contributed by atoms with Crippen molar-refractivity contribution in [1.29, 1.82) is 0 Å². The van der Waals surface area contributed by atoms with Crippen LogP contribution in [0.5, 0.6) is 23.0 Å². The van der Waals surface area contributed by atoms with Crippen LogP contribution in [0.3, 0.4) is 0 Å². The van der Waals surface area contributed by atoms with E-state index in [1.807, 2.05) is 36.4 Å². The summed E-state index contributed by atoms with van der Waals surface area (Å²) in [6.07, 6.45) is 1.59. The molecule has 0 saturated carbocycles. The predicted octanol–water partition coefficient (Wildman–Crippen LogP) is 8.68. The van der Waals surface area contributed by atoms with E-state index in [0.29, 0.717) is 45.4 Å². The first kappa shape index (κ1) is 34.8. The molecule has 254 valence electrons. The van der Waals surface area contributed by atoms with Crippen molar-refractivity contribution in [3.8, 4) is 23.0 Å². The molecule has 2 amide bonds. The molecule has 0 atom stereocenters. The van der Waals surface area contributed by atoms with Crippen LogP contribution in [-0.2, 0) is 9.98 Å². The summed E-state index contributed by atoms with van der Waals surface area (Å²) in [7, 11) is 0.161. The van der Waals surface area contributed by atoms with Crippen molar-refractivity contribution in [2.45, 2.75) is 26.2 Å². The Bertz CT molecular complexity index is 2100. The lowest BCUT2D eigenvalue weighted by Crippen LogP contribution is -2.23. The van der Waals surface area contributed by atoms with Crippen LogP contribution in [0, 0.1) is 0 Å². The number of anilines is 4. The Morgan fingerprint density at radius 1 is 0.816 bits per heavy atom. The van der Waals surface area contributed by atoms with Crippen LogP contribution < -0.4 is 35.5 Å². The quantitative estimate of drug-likeness (QED) is 0.106. The van der Waals surface area contributed by atoms with Crippen LogP contribution >= 0.6 is 7.14 Å². The van der Waals surface area contributed by atoms with Crippen LogP contribution in [0.4, 0.5) is 27.7 Å². The molecule has 0 aliphatic heterocycles. The van der Waals surface area contributed by atoms with Crippen LogP contribution in [-0.4, -0.2) is 49.6 Å². The van der Waals surface area contributed by atoms with Crippen molar-refractivity contribution in [3.05, 3.63) is 96.2 Å². The Labute approximate surface area is 285 Å². The number of methoxy groups -OCH3 is 2. The molecule has 0 spiro atoms. The molecule has 49 heavy (non-hydrogen) atoms. The minimum Gasteiger partial charge on any atom is -0.496 e. The highest BCUT2D eigenvalue weighted by Gasteiger charge is 2.26. The molecule has 12 heteroatoms. The number of aromatic carboxylic acids is 1. The number of hydrogen-bond donors (Lipinski definition) is 4. The SMILES string of the molecule is COc1cc(Nc2cc(Oc3ccc(NC(=O)Nc4cc(C(C)(C)C)cc(P(C)(C)=O)c4OC)c4ccccc34)ccn2)ccc1C(=O)O. The number of nitrogens with zero attached hydrogens (tertiary/aromatic N) is 1. The van der Waals surface area contributed by atoms with Crippen LogP contribution in [0.15, 0.2) is 85.1 Å². The number of pyridine rings is 1. The van der Waals surface area contributed by atoms with Gasteiger partial charge in [-0.05, 0) is 66.8 Å². The summed E-state index contributed by atoms with van der Waals surface area (Å²) in [4.78, 5) is 29.2. The Hall–Kier alpha value is -5.54. The molecular formula is C37H39N4O7P. The summed E-state index contributed by atoms with van der Waals surface area (Å²) < 4.78 is 30.4. The fourth-order valence-corrected chi connectivity index (χ4v) is 6.41. The number of hydrogen-bond acceptors (Lipinski definition) is 8. The Balaban J connectivity index is 1.39. The largest absolute Gasteiger partial charge is 0.496 e. The van der Waals surface area contributed by atoms with Gasteiger partial charge in [-0.15, -0.1) is 0 Å². The van der Waals surface area contributed by atoms with Gasteiger partial charge in [0.15, 0.2) is 5.75 Å². The molecule has 0 bridgehead atoms. The number of carboxylic acids is 1. The number of nitrogens with one attached hydrogen (secondary N) is 3. The average Bonchev–Trinajstić information content (AvgIpc) is 3.04. The van der Waals surface area contributed by atoms with Gasteiger partial charge in [0.25, 0.3) is 0 Å². The first-order chi connectivity index (χ1) is 23.2. The monoisotopic (exact) mass is 682 g/mol. The van der Waals surface area contributed by atoms with Gasteiger partial charge in [0.2, 0.25) is 0 Å². The first-order valence-electron chi connectivity index (χ1n) is 15.4. The number of carbonyl (C=O) groups is 2. The Kier molecular flexibility index (Phi) is 9.87. The van der Waals surface area contributed by atoms with Gasteiger partial charge in [-0.25, -0.2) is 14.6 Å². The maximum absolute atomic E-state index is 13.4. The number of benzene rings is 4. The van der Waals surface area contributed by atoms with Crippen molar-refractivity contribution in [2.75, 3.05) is 43.5 Å². The highest BCUT2D eigenvalue weighted by Crippen LogP contribution is 2.43. The minimum absolute atomic E-state index is 0.0495. The standard InChI is InChI=1S/C37H39N4O7P/c1-37(2,3)22-18-29(34(47-5)32(19-22)49(6,7)45)41-36(44)40-28-14-15-30(26-11-9-8-10-25(26)28)48-24-16-17-38-33(21-24)39-23-12-13-27(35(42)43)31(20-23)46-4/h8-21H,1-7H3,(H,38,39)(H,42,43)(H2,40,41,44). The number of carbonyl (C=O) groups excluding carboxylic acids is 1. The average molecular weight is 683 g/mol. The van der Waals surface area contributed by atoms with Crippen LogP contribution in [0.25, 0.3) is 10.8 Å². The summed E-state index contributed by atoms with van der Waals surface area (Å²) in [5, 5.41) is 20.5. The zero-order valence-electron chi connectivity index (χ0n) is 28.4. The Morgan fingerprint density at radius 2 is 1.53 bits per heavy atom. The third kappa shape index (κ3) is 7.96. The van der Waals surface area contributed by atoms with Crippen molar-refractivity contribution in [2.24, 2.45) is 0 Å². The maximum Gasteiger partial charge on any atom is 0.339 e. The van der Waals surface area contributed by atoms with Gasteiger partial charge in [-0.1, -0.05) is 45.0 Å². The second-order valence-electron chi connectivity index (χ2n) is 12.7. The van der Waals surface area contributed by atoms with E-state index >= 15 is 0 Å². The number of ether oxygens (including phenoxy) is 3. The molecule has 1 aromatic heterocycles. The van der Waals surface area contributed by atoms with E-state index in [1.165, 1.54) is 20.3 Å². The van der Waals surface area contributed by atoms with E-state index in [0.717, 1.165) is 16.3 Å². The smallest absolute Gasteiger partial charge is 0.339 e. The molecule has 5 rings (SSSR count). The van der Waals surface area contributed by atoms with Crippen molar-refractivity contribution in [1.82, 2.24) is 4.98 Å². The van der Waals surface area contributed by atoms with Gasteiger partial charge in [0.05, 0.1) is 30.9 Å². The second kappa shape index (κ2) is 13.9. The van der Waals surface area contributed by atoms with Gasteiger partial charge in [-0.3, -0.25) is 0 Å². The minimum atomic E-state index is -2.75. The summed E-state index contributed by atoms with van der Waals surface area (Å²) in [6, 6.07) is 22.4. The molecule has 11 nitrogen and oxygen atoms in total. The predicted molar refractivity (Wildman–Crippen MR) is 195 cm³/mol. The fourth-order valence-electron chi connectivity index (χ4n) is 5.26. The van der Waals surface area contributed by atoms with E-state index in [4.69, 9.17) is 14.2 Å². The fraction of sp³-hybridized carbons (Fsp3) is 0.216. The van der Waals surface area contributed by atoms with Crippen molar-refractivity contribution >= 4 is 58.1 Å². The normalized spacial score (nSPS) is 11.5.